The first-order valence-electron chi connectivity index (χ1n) is 7.29. The molecule has 0 aliphatic carbocycles. The molecule has 7 nitrogen and oxygen atoms in total. The maximum Gasteiger partial charge on any atom is 0.307 e. The Hall–Kier alpha value is -1.44. The highest BCUT2D eigenvalue weighted by molar-refractivity contribution is 7.91. The van der Waals surface area contributed by atoms with Crippen molar-refractivity contribution in [1.29, 1.82) is 0 Å². The second-order valence-corrected chi connectivity index (χ2v) is 8.25. The van der Waals surface area contributed by atoms with E-state index in [1.807, 2.05) is 0 Å². The van der Waals surface area contributed by atoms with Gasteiger partial charge in [0.05, 0.1) is 17.4 Å². The highest BCUT2D eigenvalue weighted by Crippen LogP contribution is 2.23. The minimum absolute atomic E-state index is 0.0865. The SMILES string of the molecule is O=C(O)C1CCn2nc(CC3CCCS(=O)(=O)C3)nc2C1. The summed E-state index contributed by atoms with van der Waals surface area (Å²) in [7, 11) is -2.91. The third kappa shape index (κ3) is 3.25. The van der Waals surface area contributed by atoms with Gasteiger partial charge in [0.1, 0.15) is 5.82 Å². The Morgan fingerprint density at radius 1 is 1.38 bits per heavy atom. The number of aliphatic carboxylic acids is 1. The number of carboxylic acid groups (broad SMARTS) is 1. The standard InChI is InChI=1S/C13H19N3O4S/c17-13(18)10-3-4-16-12(7-10)14-11(15-16)6-9-2-1-5-21(19,20)8-9/h9-10H,1-8H2,(H,17,18). The van der Waals surface area contributed by atoms with Crippen LogP contribution in [0.15, 0.2) is 0 Å². The van der Waals surface area contributed by atoms with Gasteiger partial charge in [0.2, 0.25) is 0 Å². The number of sulfone groups is 1. The number of aryl methyl sites for hydroxylation is 1. The maximum absolute atomic E-state index is 11.7. The normalized spacial score (nSPS) is 28.0. The Labute approximate surface area is 123 Å². The molecule has 1 aromatic heterocycles. The summed E-state index contributed by atoms with van der Waals surface area (Å²) in [6, 6.07) is 0. The van der Waals surface area contributed by atoms with Gasteiger partial charge in [-0.3, -0.25) is 4.79 Å². The van der Waals surface area contributed by atoms with Gasteiger partial charge in [-0.05, 0) is 25.2 Å². The quantitative estimate of drug-likeness (QED) is 0.860. The first kappa shape index (κ1) is 14.5. The fourth-order valence-corrected chi connectivity index (χ4v) is 4.97. The molecule has 1 saturated heterocycles. The van der Waals surface area contributed by atoms with E-state index in [0.29, 0.717) is 43.9 Å². The zero-order chi connectivity index (χ0) is 15.0. The summed E-state index contributed by atoms with van der Waals surface area (Å²) in [4.78, 5) is 15.5. The van der Waals surface area contributed by atoms with Crippen LogP contribution in [0, 0.1) is 11.8 Å². The molecule has 2 aliphatic rings. The van der Waals surface area contributed by atoms with E-state index in [9.17, 15) is 13.2 Å². The van der Waals surface area contributed by atoms with E-state index in [0.717, 1.165) is 6.42 Å². The van der Waals surface area contributed by atoms with Crippen molar-refractivity contribution in [2.45, 2.75) is 38.6 Å². The fraction of sp³-hybridized carbons (Fsp3) is 0.769. The molecule has 8 heteroatoms. The highest BCUT2D eigenvalue weighted by atomic mass is 32.2. The molecular weight excluding hydrogens is 294 g/mol. The maximum atomic E-state index is 11.7. The van der Waals surface area contributed by atoms with Crippen molar-refractivity contribution < 1.29 is 18.3 Å². The summed E-state index contributed by atoms with van der Waals surface area (Å²) in [6.07, 6.45) is 3.15. The van der Waals surface area contributed by atoms with Crippen molar-refractivity contribution in [2.75, 3.05) is 11.5 Å². The Balaban J connectivity index is 1.69. The van der Waals surface area contributed by atoms with Crippen molar-refractivity contribution >= 4 is 15.8 Å². The number of hydrogen-bond acceptors (Lipinski definition) is 5. The Morgan fingerprint density at radius 2 is 2.19 bits per heavy atom. The summed E-state index contributed by atoms with van der Waals surface area (Å²) in [6.45, 7) is 0.572. The molecule has 0 spiro atoms. The molecule has 1 aromatic rings. The molecule has 1 fully saturated rings. The van der Waals surface area contributed by atoms with Gasteiger partial charge in [-0.15, -0.1) is 0 Å². The third-order valence-corrected chi connectivity index (χ3v) is 6.18. The van der Waals surface area contributed by atoms with Crippen LogP contribution in [0.25, 0.3) is 0 Å². The average Bonchev–Trinajstić information content (AvgIpc) is 2.78. The molecule has 0 bridgehead atoms. The van der Waals surface area contributed by atoms with E-state index in [1.165, 1.54) is 0 Å². The first-order chi connectivity index (χ1) is 9.93. The number of rotatable bonds is 3. The van der Waals surface area contributed by atoms with Crippen molar-refractivity contribution in [3.8, 4) is 0 Å². The molecule has 2 atom stereocenters. The first-order valence-corrected chi connectivity index (χ1v) is 9.11. The van der Waals surface area contributed by atoms with Crippen LogP contribution in [0.3, 0.4) is 0 Å². The lowest BCUT2D eigenvalue weighted by molar-refractivity contribution is -0.142. The summed E-state index contributed by atoms with van der Waals surface area (Å²) in [5.74, 6) is 0.781. The monoisotopic (exact) mass is 313 g/mol. The van der Waals surface area contributed by atoms with Gasteiger partial charge in [0.15, 0.2) is 15.7 Å². The summed E-state index contributed by atoms with van der Waals surface area (Å²) in [5, 5.41) is 13.5. The van der Waals surface area contributed by atoms with Gasteiger partial charge in [-0.2, -0.15) is 5.10 Å². The molecular formula is C13H19N3O4S. The molecule has 2 aliphatic heterocycles. The molecule has 1 N–H and O–H groups in total. The second kappa shape index (κ2) is 5.40. The van der Waals surface area contributed by atoms with Gasteiger partial charge in [0, 0.05) is 19.4 Å². The van der Waals surface area contributed by atoms with Gasteiger partial charge in [-0.1, -0.05) is 0 Å². The van der Waals surface area contributed by atoms with Crippen LogP contribution < -0.4 is 0 Å². The van der Waals surface area contributed by atoms with Crippen molar-refractivity contribution in [3.63, 3.8) is 0 Å². The minimum Gasteiger partial charge on any atom is -0.481 e. The zero-order valence-corrected chi connectivity index (χ0v) is 12.5. The van der Waals surface area contributed by atoms with Crippen LogP contribution >= 0.6 is 0 Å². The number of nitrogens with zero attached hydrogens (tertiary/aromatic N) is 3. The molecule has 2 unspecified atom stereocenters. The third-order valence-electron chi connectivity index (χ3n) is 4.29. The Bertz CT molecular complexity index is 652. The molecule has 116 valence electrons. The van der Waals surface area contributed by atoms with E-state index in [4.69, 9.17) is 5.11 Å². The van der Waals surface area contributed by atoms with Crippen molar-refractivity contribution in [1.82, 2.24) is 14.8 Å². The summed E-state index contributed by atoms with van der Waals surface area (Å²) >= 11 is 0. The minimum atomic E-state index is -2.91. The topological polar surface area (TPSA) is 102 Å². The zero-order valence-electron chi connectivity index (χ0n) is 11.7. The van der Waals surface area contributed by atoms with Gasteiger partial charge in [0.25, 0.3) is 0 Å². The van der Waals surface area contributed by atoms with E-state index < -0.39 is 15.8 Å². The van der Waals surface area contributed by atoms with E-state index >= 15 is 0 Å². The predicted molar refractivity (Wildman–Crippen MR) is 74.6 cm³/mol. The van der Waals surface area contributed by atoms with E-state index in [2.05, 4.69) is 10.1 Å². The van der Waals surface area contributed by atoms with Gasteiger partial charge < -0.3 is 5.11 Å². The van der Waals surface area contributed by atoms with Crippen LogP contribution in [0.2, 0.25) is 0 Å². The second-order valence-electron chi connectivity index (χ2n) is 6.02. The molecule has 0 radical (unpaired) electrons. The fourth-order valence-electron chi connectivity index (χ4n) is 3.19. The highest BCUT2D eigenvalue weighted by Gasteiger charge is 2.29. The Morgan fingerprint density at radius 3 is 2.90 bits per heavy atom. The number of aromatic nitrogens is 3. The van der Waals surface area contributed by atoms with Crippen molar-refractivity contribution in [3.05, 3.63) is 11.6 Å². The molecule has 0 amide bonds. The molecule has 0 aromatic carbocycles. The molecule has 21 heavy (non-hydrogen) atoms. The van der Waals surface area contributed by atoms with Crippen LogP contribution in [0.1, 0.15) is 30.9 Å². The van der Waals surface area contributed by atoms with Crippen LogP contribution in [-0.4, -0.2) is 45.8 Å². The number of fused-ring (bicyclic) bond motifs is 1. The molecule has 3 heterocycles. The lowest BCUT2D eigenvalue weighted by atomic mass is 9.98. The predicted octanol–water partition coefficient (Wildman–Crippen LogP) is 0.292. The smallest absolute Gasteiger partial charge is 0.307 e. The van der Waals surface area contributed by atoms with E-state index in [1.54, 1.807) is 4.68 Å². The number of carboxylic acids is 1. The molecule has 0 saturated carbocycles. The van der Waals surface area contributed by atoms with Crippen LogP contribution in [0.5, 0.6) is 0 Å². The lowest BCUT2D eigenvalue weighted by Crippen LogP contribution is -2.26. The van der Waals surface area contributed by atoms with Gasteiger partial charge >= 0.3 is 5.97 Å². The van der Waals surface area contributed by atoms with Crippen LogP contribution in [0.4, 0.5) is 0 Å². The Kier molecular flexibility index (Phi) is 3.73. The number of hydrogen-bond donors (Lipinski definition) is 1. The lowest BCUT2D eigenvalue weighted by Gasteiger charge is -2.20. The summed E-state index contributed by atoms with van der Waals surface area (Å²) in [5.41, 5.74) is 0. The number of carbonyl (C=O) groups is 1. The van der Waals surface area contributed by atoms with E-state index in [-0.39, 0.29) is 23.3 Å². The largest absolute Gasteiger partial charge is 0.481 e. The summed E-state index contributed by atoms with van der Waals surface area (Å²) < 4.78 is 25.1. The molecule has 3 rings (SSSR count). The van der Waals surface area contributed by atoms with Crippen LogP contribution in [-0.2, 0) is 34.0 Å². The van der Waals surface area contributed by atoms with Crippen molar-refractivity contribution in [2.24, 2.45) is 11.8 Å². The van der Waals surface area contributed by atoms with Gasteiger partial charge in [-0.25, -0.2) is 18.1 Å². The average molecular weight is 313 g/mol.